The molecule has 0 amide bonds. The van der Waals surface area contributed by atoms with E-state index in [2.05, 4.69) is 86.7 Å². The summed E-state index contributed by atoms with van der Waals surface area (Å²) in [6.07, 6.45) is 5.99. The molecule has 0 saturated carbocycles. The standard InChI is InChI=1S/C29H24O/c1-20(2)23-17-18-26(30)29(19-23)25-16-10-9-15-24(25)27(21-11-5-3-6-12-21)28(29)22-13-7-4-8-14-22/h3-20H,1-2H3. The Morgan fingerprint density at radius 1 is 0.700 bits per heavy atom. The molecule has 1 spiro atoms. The van der Waals surface area contributed by atoms with E-state index < -0.39 is 5.41 Å². The normalized spacial score (nSPS) is 20.1. The van der Waals surface area contributed by atoms with Crippen LogP contribution in [-0.2, 0) is 10.2 Å². The minimum Gasteiger partial charge on any atom is -0.293 e. The highest BCUT2D eigenvalue weighted by Crippen LogP contribution is 2.56. The average molecular weight is 389 g/mol. The van der Waals surface area contributed by atoms with Gasteiger partial charge in [0, 0.05) is 0 Å². The van der Waals surface area contributed by atoms with Gasteiger partial charge in [0.25, 0.3) is 0 Å². The van der Waals surface area contributed by atoms with Gasteiger partial charge in [-0.15, -0.1) is 0 Å². The Labute approximate surface area is 178 Å². The molecule has 5 rings (SSSR count). The van der Waals surface area contributed by atoms with E-state index in [0.29, 0.717) is 5.92 Å². The molecule has 0 bridgehead atoms. The predicted molar refractivity (Wildman–Crippen MR) is 124 cm³/mol. The van der Waals surface area contributed by atoms with E-state index >= 15 is 0 Å². The second-order valence-corrected chi connectivity index (χ2v) is 8.33. The Bertz CT molecular complexity index is 1210. The van der Waals surface area contributed by atoms with Crippen molar-refractivity contribution in [3.8, 4) is 0 Å². The number of rotatable bonds is 3. The van der Waals surface area contributed by atoms with E-state index in [-0.39, 0.29) is 5.78 Å². The quantitative estimate of drug-likeness (QED) is 0.493. The van der Waals surface area contributed by atoms with Gasteiger partial charge in [0.1, 0.15) is 5.41 Å². The van der Waals surface area contributed by atoms with Crippen LogP contribution >= 0.6 is 0 Å². The van der Waals surface area contributed by atoms with Crippen molar-refractivity contribution < 1.29 is 4.79 Å². The molecule has 3 aromatic carbocycles. The zero-order valence-electron chi connectivity index (χ0n) is 17.3. The maximum Gasteiger partial charge on any atom is 0.174 e. The minimum absolute atomic E-state index is 0.129. The highest BCUT2D eigenvalue weighted by molar-refractivity contribution is 6.22. The van der Waals surface area contributed by atoms with Crippen LogP contribution in [0, 0.1) is 5.92 Å². The summed E-state index contributed by atoms with van der Waals surface area (Å²) in [5.41, 5.74) is 7.10. The third-order valence-electron chi connectivity index (χ3n) is 6.26. The highest BCUT2D eigenvalue weighted by atomic mass is 16.1. The third-order valence-corrected chi connectivity index (χ3v) is 6.26. The van der Waals surface area contributed by atoms with E-state index in [1.165, 1.54) is 5.57 Å². The van der Waals surface area contributed by atoms with Crippen molar-refractivity contribution in [3.05, 3.63) is 131 Å². The topological polar surface area (TPSA) is 17.1 Å². The van der Waals surface area contributed by atoms with Crippen molar-refractivity contribution in [3.63, 3.8) is 0 Å². The summed E-state index contributed by atoms with van der Waals surface area (Å²) in [4.78, 5) is 13.7. The fourth-order valence-electron chi connectivity index (χ4n) is 4.83. The summed E-state index contributed by atoms with van der Waals surface area (Å²) in [6, 6.07) is 29.2. The summed E-state index contributed by atoms with van der Waals surface area (Å²) < 4.78 is 0. The van der Waals surface area contributed by atoms with Crippen molar-refractivity contribution in [2.75, 3.05) is 0 Å². The number of allylic oxidation sites excluding steroid dienone is 5. The van der Waals surface area contributed by atoms with Gasteiger partial charge >= 0.3 is 0 Å². The summed E-state index contributed by atoms with van der Waals surface area (Å²) in [7, 11) is 0. The molecule has 146 valence electrons. The van der Waals surface area contributed by atoms with Gasteiger partial charge in [-0.25, -0.2) is 0 Å². The largest absolute Gasteiger partial charge is 0.293 e. The Morgan fingerprint density at radius 2 is 1.30 bits per heavy atom. The zero-order chi connectivity index (χ0) is 20.7. The van der Waals surface area contributed by atoms with Crippen LogP contribution in [0.4, 0.5) is 0 Å². The lowest BCUT2D eigenvalue weighted by Gasteiger charge is -2.33. The van der Waals surface area contributed by atoms with Gasteiger partial charge in [0.2, 0.25) is 0 Å². The van der Waals surface area contributed by atoms with Crippen LogP contribution in [0.3, 0.4) is 0 Å². The molecule has 0 heterocycles. The van der Waals surface area contributed by atoms with Crippen molar-refractivity contribution >= 4 is 16.9 Å². The molecule has 0 fully saturated rings. The van der Waals surface area contributed by atoms with Crippen LogP contribution in [0.5, 0.6) is 0 Å². The lowest BCUT2D eigenvalue weighted by molar-refractivity contribution is -0.116. The van der Waals surface area contributed by atoms with Crippen LogP contribution in [-0.4, -0.2) is 5.78 Å². The number of hydrogen-bond acceptors (Lipinski definition) is 1. The molecule has 1 heteroatoms. The summed E-state index contributed by atoms with van der Waals surface area (Å²) in [5, 5.41) is 0. The van der Waals surface area contributed by atoms with Crippen LogP contribution < -0.4 is 0 Å². The van der Waals surface area contributed by atoms with Crippen LogP contribution in [0.1, 0.15) is 36.1 Å². The van der Waals surface area contributed by atoms with Gasteiger partial charge in [-0.1, -0.05) is 111 Å². The zero-order valence-corrected chi connectivity index (χ0v) is 17.3. The first kappa shape index (κ1) is 18.6. The highest BCUT2D eigenvalue weighted by Gasteiger charge is 2.50. The molecule has 1 unspecified atom stereocenters. The molecule has 3 aromatic rings. The Balaban J connectivity index is 1.94. The molecule has 0 aliphatic heterocycles. The Hall–Kier alpha value is -3.45. The number of hydrogen-bond donors (Lipinski definition) is 0. The van der Waals surface area contributed by atoms with E-state index in [1.54, 1.807) is 6.08 Å². The Morgan fingerprint density at radius 3 is 1.97 bits per heavy atom. The molecule has 30 heavy (non-hydrogen) atoms. The second-order valence-electron chi connectivity index (χ2n) is 8.33. The molecule has 0 N–H and O–H groups in total. The fraction of sp³-hybridized carbons (Fsp3) is 0.138. The fourth-order valence-corrected chi connectivity index (χ4v) is 4.83. The summed E-state index contributed by atoms with van der Waals surface area (Å²) >= 11 is 0. The predicted octanol–water partition coefficient (Wildman–Crippen LogP) is 6.62. The van der Waals surface area contributed by atoms with Crippen molar-refractivity contribution in [1.29, 1.82) is 0 Å². The molecule has 2 aliphatic carbocycles. The smallest absolute Gasteiger partial charge is 0.174 e. The second kappa shape index (κ2) is 7.11. The number of carbonyl (C=O) groups excluding carboxylic acids is 1. The molecule has 1 atom stereocenters. The number of carbonyl (C=O) groups is 1. The molecule has 0 saturated heterocycles. The molecule has 0 aromatic heterocycles. The maximum absolute atomic E-state index is 13.7. The Kier molecular flexibility index (Phi) is 4.40. The van der Waals surface area contributed by atoms with Crippen LogP contribution in [0.2, 0.25) is 0 Å². The van der Waals surface area contributed by atoms with Gasteiger partial charge in [-0.05, 0) is 51.0 Å². The van der Waals surface area contributed by atoms with Crippen LogP contribution in [0.15, 0.2) is 109 Å². The van der Waals surface area contributed by atoms with E-state index in [9.17, 15) is 4.79 Å². The van der Waals surface area contributed by atoms with Crippen molar-refractivity contribution in [2.24, 2.45) is 5.92 Å². The van der Waals surface area contributed by atoms with Gasteiger partial charge in [0.05, 0.1) is 0 Å². The lowest BCUT2D eigenvalue weighted by Crippen LogP contribution is -2.35. The number of fused-ring (bicyclic) bond motifs is 2. The molecular weight excluding hydrogens is 364 g/mol. The first-order valence-corrected chi connectivity index (χ1v) is 10.5. The monoisotopic (exact) mass is 388 g/mol. The number of ketones is 1. The SMILES string of the molecule is CC(C)C1=CC2(C(=O)C=C1)C(c1ccccc1)=C(c1ccccc1)c1ccccc12. The first-order valence-electron chi connectivity index (χ1n) is 10.5. The minimum atomic E-state index is -0.794. The molecule has 2 aliphatic rings. The van der Waals surface area contributed by atoms with Gasteiger partial charge in [0.15, 0.2) is 5.78 Å². The molecule has 1 nitrogen and oxygen atoms in total. The molecular formula is C29H24O. The van der Waals surface area contributed by atoms with Gasteiger partial charge < -0.3 is 0 Å². The average Bonchev–Trinajstić information content (AvgIpc) is 3.08. The number of benzene rings is 3. The first-order chi connectivity index (χ1) is 14.6. The summed E-state index contributed by atoms with van der Waals surface area (Å²) in [5.74, 6) is 0.473. The van der Waals surface area contributed by atoms with E-state index in [1.807, 2.05) is 24.3 Å². The van der Waals surface area contributed by atoms with Crippen LogP contribution in [0.25, 0.3) is 11.1 Å². The van der Waals surface area contributed by atoms with Gasteiger partial charge in [-0.2, -0.15) is 0 Å². The summed E-state index contributed by atoms with van der Waals surface area (Å²) in [6.45, 7) is 4.37. The van der Waals surface area contributed by atoms with Crippen molar-refractivity contribution in [1.82, 2.24) is 0 Å². The maximum atomic E-state index is 13.7. The van der Waals surface area contributed by atoms with E-state index in [4.69, 9.17) is 0 Å². The lowest BCUT2D eigenvalue weighted by atomic mass is 9.67. The molecule has 0 radical (unpaired) electrons. The van der Waals surface area contributed by atoms with Crippen molar-refractivity contribution in [2.45, 2.75) is 19.3 Å². The third kappa shape index (κ3) is 2.66. The van der Waals surface area contributed by atoms with Gasteiger partial charge in [-0.3, -0.25) is 4.79 Å². The van der Waals surface area contributed by atoms with E-state index in [0.717, 1.165) is 33.4 Å².